The molecule has 0 unspecified atom stereocenters. The fourth-order valence-electron chi connectivity index (χ4n) is 1.92. The van der Waals surface area contributed by atoms with Crippen LogP contribution in [0.2, 0.25) is 0 Å². The number of unbranched alkanes of at least 4 members (excludes halogenated alkanes) is 9. The van der Waals surface area contributed by atoms with Crippen molar-refractivity contribution in [2.75, 3.05) is 6.61 Å². The largest absolute Gasteiger partial charge is 1.00 e. The molecular formula is C18H34KNO4. The monoisotopic (exact) mass is 367 g/mol. The van der Waals surface area contributed by atoms with Gasteiger partial charge < -0.3 is 20.0 Å². The zero-order valence-electron chi connectivity index (χ0n) is 15.9. The molecule has 0 aliphatic carbocycles. The van der Waals surface area contributed by atoms with Gasteiger partial charge in [0, 0.05) is 12.2 Å². The van der Waals surface area contributed by atoms with Crippen LogP contribution in [0.15, 0.2) is 0 Å². The fraction of sp³-hybridized carbons (Fsp3) is 0.833. The first-order valence-corrected chi connectivity index (χ1v) is 8.92. The zero-order valence-corrected chi connectivity index (χ0v) is 19.0. The Labute approximate surface area is 190 Å². The quantitative estimate of drug-likeness (QED) is 0.211. The van der Waals surface area contributed by atoms with Crippen LogP contribution < -0.4 is 56.5 Å². The van der Waals surface area contributed by atoms with E-state index in [1.54, 1.807) is 0 Å². The van der Waals surface area contributed by atoms with E-state index >= 15 is 0 Å². The van der Waals surface area contributed by atoms with E-state index in [-0.39, 0.29) is 70.2 Å². The summed E-state index contributed by atoms with van der Waals surface area (Å²) < 4.78 is 4.96. The minimum Gasteiger partial charge on any atom is -0.550 e. The summed E-state index contributed by atoms with van der Waals surface area (Å²) in [5.41, 5.74) is 0. The molecule has 5 nitrogen and oxygen atoms in total. The Morgan fingerprint density at radius 2 is 1.33 bits per heavy atom. The van der Waals surface area contributed by atoms with Crippen LogP contribution >= 0.6 is 0 Å². The number of hydrogen-bond acceptors (Lipinski definition) is 5. The third-order valence-corrected chi connectivity index (χ3v) is 3.32. The van der Waals surface area contributed by atoms with E-state index < -0.39 is 5.97 Å². The number of rotatable bonds is 14. The third kappa shape index (κ3) is 30.2. The van der Waals surface area contributed by atoms with Gasteiger partial charge in [0.25, 0.3) is 0 Å². The number of carboxylic acids is 1. The van der Waals surface area contributed by atoms with Crippen LogP contribution in [0.5, 0.6) is 0 Å². The van der Waals surface area contributed by atoms with Crippen molar-refractivity contribution < 1.29 is 70.8 Å². The van der Waals surface area contributed by atoms with E-state index in [2.05, 4.69) is 6.92 Å². The maximum absolute atomic E-state index is 10.9. The van der Waals surface area contributed by atoms with Gasteiger partial charge in [-0.3, -0.25) is 4.79 Å². The van der Waals surface area contributed by atoms with Crippen LogP contribution in [-0.2, 0) is 14.3 Å². The Hall–Kier alpha value is 0.246. The average Bonchev–Trinajstić information content (AvgIpc) is 2.53. The summed E-state index contributed by atoms with van der Waals surface area (Å²) in [6, 6.07) is 0. The molecule has 0 aliphatic rings. The van der Waals surface area contributed by atoms with Crippen molar-refractivity contribution in [2.24, 2.45) is 0 Å². The average molecular weight is 368 g/mol. The molecule has 0 aromatic heterocycles. The first kappa shape index (κ1) is 29.0. The van der Waals surface area contributed by atoms with Crippen LogP contribution in [0.25, 0.3) is 0 Å². The molecule has 0 aromatic rings. The number of hydrogen-bond donors (Lipinski definition) is 1. The number of carboxylic acid groups (broad SMARTS) is 1. The van der Waals surface area contributed by atoms with Crippen molar-refractivity contribution in [1.29, 1.82) is 5.41 Å². The SMILES string of the molecule is CCC(=O)[O-].CCCCCCCCCCCCOC(=O)CC=N.[K+]. The van der Waals surface area contributed by atoms with Crippen LogP contribution in [0.4, 0.5) is 0 Å². The molecule has 0 amide bonds. The van der Waals surface area contributed by atoms with E-state index in [4.69, 9.17) is 10.1 Å². The molecule has 0 bridgehead atoms. The number of esters is 1. The molecule has 0 rings (SSSR count). The van der Waals surface area contributed by atoms with Crippen molar-refractivity contribution in [2.45, 2.75) is 90.9 Å². The van der Waals surface area contributed by atoms with E-state index in [9.17, 15) is 14.7 Å². The standard InChI is InChI=1S/C15H29NO2.C3H6O2.K/c1-2-3-4-5-6-7-8-9-10-11-14-18-15(17)12-13-16;1-2-3(4)5;/h13,16H,2-12,14H2,1H3;2H2,1H3,(H,4,5);/q;;+1/p-1. The van der Waals surface area contributed by atoms with Gasteiger partial charge in [-0.2, -0.15) is 0 Å². The van der Waals surface area contributed by atoms with Crippen LogP contribution in [0.3, 0.4) is 0 Å². The van der Waals surface area contributed by atoms with Gasteiger partial charge in [-0.1, -0.05) is 71.6 Å². The Balaban J connectivity index is -0.000000639. The van der Waals surface area contributed by atoms with Crippen LogP contribution in [-0.4, -0.2) is 24.8 Å². The van der Waals surface area contributed by atoms with Gasteiger partial charge in [-0.15, -0.1) is 0 Å². The number of nitrogens with one attached hydrogen (secondary N) is 1. The van der Waals surface area contributed by atoms with E-state index in [1.807, 2.05) is 0 Å². The molecule has 0 radical (unpaired) electrons. The number of aliphatic carboxylic acids is 1. The molecule has 0 aromatic carbocycles. The summed E-state index contributed by atoms with van der Waals surface area (Å²) in [5.74, 6) is -1.27. The molecule has 1 N–H and O–H groups in total. The van der Waals surface area contributed by atoms with Crippen molar-refractivity contribution in [3.05, 3.63) is 0 Å². The second-order valence-corrected chi connectivity index (χ2v) is 5.54. The normalized spacial score (nSPS) is 9.25. The van der Waals surface area contributed by atoms with Crippen molar-refractivity contribution >= 4 is 18.2 Å². The molecule has 0 saturated carbocycles. The number of ether oxygens (including phenoxy) is 1. The fourth-order valence-corrected chi connectivity index (χ4v) is 1.92. The predicted molar refractivity (Wildman–Crippen MR) is 91.5 cm³/mol. The van der Waals surface area contributed by atoms with E-state index in [1.165, 1.54) is 58.3 Å². The maximum Gasteiger partial charge on any atom is 1.00 e. The summed E-state index contributed by atoms with van der Waals surface area (Å²) in [6.07, 6.45) is 14.1. The van der Waals surface area contributed by atoms with Crippen molar-refractivity contribution in [3.8, 4) is 0 Å². The smallest absolute Gasteiger partial charge is 0.550 e. The molecule has 24 heavy (non-hydrogen) atoms. The predicted octanol–water partition coefficient (Wildman–Crippen LogP) is 0.640. The molecule has 0 saturated heterocycles. The maximum atomic E-state index is 10.9. The van der Waals surface area contributed by atoms with Gasteiger partial charge in [0.1, 0.15) is 0 Å². The van der Waals surface area contributed by atoms with Crippen molar-refractivity contribution in [1.82, 2.24) is 0 Å². The Bertz CT molecular complexity index is 299. The van der Waals surface area contributed by atoms with E-state index in [0.29, 0.717) is 6.61 Å². The molecule has 0 heterocycles. The first-order chi connectivity index (χ1) is 11.1. The first-order valence-electron chi connectivity index (χ1n) is 8.92. The Morgan fingerprint density at radius 1 is 0.917 bits per heavy atom. The van der Waals surface area contributed by atoms with Gasteiger partial charge in [0.15, 0.2) is 0 Å². The van der Waals surface area contributed by atoms with Gasteiger partial charge in [-0.25, -0.2) is 0 Å². The molecule has 6 heteroatoms. The number of carbonyl (C=O) groups is 2. The van der Waals surface area contributed by atoms with Crippen molar-refractivity contribution in [3.63, 3.8) is 0 Å². The molecule has 0 fully saturated rings. The second kappa shape index (κ2) is 25.5. The second-order valence-electron chi connectivity index (χ2n) is 5.54. The Kier molecular flexibility index (Phi) is 30.8. The van der Waals surface area contributed by atoms with E-state index in [0.717, 1.165) is 19.1 Å². The topological polar surface area (TPSA) is 90.3 Å². The molecule has 0 aliphatic heterocycles. The van der Waals surface area contributed by atoms with Gasteiger partial charge in [-0.05, 0) is 12.8 Å². The summed E-state index contributed by atoms with van der Waals surface area (Å²) in [7, 11) is 0. The Morgan fingerprint density at radius 3 is 1.71 bits per heavy atom. The summed E-state index contributed by atoms with van der Waals surface area (Å²) in [5, 5.41) is 16.0. The van der Waals surface area contributed by atoms with Crippen LogP contribution in [0.1, 0.15) is 90.9 Å². The summed E-state index contributed by atoms with van der Waals surface area (Å²) >= 11 is 0. The zero-order chi connectivity index (χ0) is 17.8. The minimum atomic E-state index is -0.995. The van der Waals surface area contributed by atoms with Gasteiger partial charge in [0.05, 0.1) is 13.0 Å². The minimum absolute atomic E-state index is 0. The van der Waals surface area contributed by atoms with Gasteiger partial charge >= 0.3 is 57.4 Å². The molecule has 136 valence electrons. The third-order valence-electron chi connectivity index (χ3n) is 3.32. The summed E-state index contributed by atoms with van der Waals surface area (Å²) in [6.45, 7) is 4.30. The molecular weight excluding hydrogens is 333 g/mol. The van der Waals surface area contributed by atoms with Gasteiger partial charge in [0.2, 0.25) is 0 Å². The van der Waals surface area contributed by atoms with Crippen LogP contribution in [0, 0.1) is 5.41 Å². The molecule has 0 spiro atoms. The molecule has 0 atom stereocenters. The summed E-state index contributed by atoms with van der Waals surface area (Å²) in [4.78, 5) is 20.2. The number of carbonyl (C=O) groups excluding carboxylic acids is 2.